The van der Waals surface area contributed by atoms with Gasteiger partial charge in [0.25, 0.3) is 10.0 Å². The molecule has 2 aromatic rings. The molecule has 2 N–H and O–H groups in total. The second kappa shape index (κ2) is 7.85. The van der Waals surface area contributed by atoms with E-state index in [2.05, 4.69) is 4.98 Å². The van der Waals surface area contributed by atoms with Crippen LogP contribution in [-0.4, -0.2) is 58.8 Å². The van der Waals surface area contributed by atoms with Crippen LogP contribution in [0, 0.1) is 17.1 Å². The molecule has 1 aromatic heterocycles. The number of pyridine rings is 1. The van der Waals surface area contributed by atoms with Gasteiger partial charge in [-0.25, -0.2) is 17.8 Å². The van der Waals surface area contributed by atoms with E-state index in [1.165, 1.54) is 37.4 Å². The second-order valence-electron chi connectivity index (χ2n) is 6.64. The summed E-state index contributed by atoms with van der Waals surface area (Å²) in [5.41, 5.74) is -2.14. The van der Waals surface area contributed by atoms with Crippen LogP contribution in [0.25, 0.3) is 0 Å². The van der Waals surface area contributed by atoms with E-state index in [1.807, 2.05) is 0 Å². The number of nitrogens with zero attached hydrogens (tertiary/aromatic N) is 3. The molecule has 0 saturated carbocycles. The first-order valence-electron chi connectivity index (χ1n) is 8.46. The summed E-state index contributed by atoms with van der Waals surface area (Å²) in [6.45, 7) is 0.531. The lowest BCUT2D eigenvalue weighted by molar-refractivity contribution is -0.104. The van der Waals surface area contributed by atoms with Gasteiger partial charge in [-0.3, -0.25) is 0 Å². The Morgan fingerprint density at radius 3 is 2.72 bits per heavy atom. The molecule has 1 fully saturated rings. The summed E-state index contributed by atoms with van der Waals surface area (Å²) in [6.07, 6.45) is -1.37. The van der Waals surface area contributed by atoms with Crippen molar-refractivity contribution in [3.05, 3.63) is 52.9 Å². The monoisotopic (exact) mass is 441 g/mol. The van der Waals surface area contributed by atoms with Crippen LogP contribution in [0.4, 0.5) is 4.39 Å². The summed E-state index contributed by atoms with van der Waals surface area (Å²) < 4.78 is 46.1. The molecular formula is C18H17ClFN3O5S. The van der Waals surface area contributed by atoms with Crippen LogP contribution in [0.15, 0.2) is 41.6 Å². The Morgan fingerprint density at radius 1 is 1.45 bits per heavy atom. The summed E-state index contributed by atoms with van der Waals surface area (Å²) >= 11 is 5.74. The molecular weight excluding hydrogens is 425 g/mol. The number of aliphatic hydroxyl groups is 2. The van der Waals surface area contributed by atoms with Crippen molar-refractivity contribution in [2.75, 3.05) is 13.1 Å². The topological polar surface area (TPSA) is 124 Å². The van der Waals surface area contributed by atoms with E-state index in [0.717, 1.165) is 10.4 Å². The van der Waals surface area contributed by atoms with Crippen molar-refractivity contribution in [3.8, 4) is 11.8 Å². The van der Waals surface area contributed by atoms with Crippen molar-refractivity contribution in [3.63, 3.8) is 0 Å². The molecule has 3 rings (SSSR count). The Balaban J connectivity index is 1.90. The van der Waals surface area contributed by atoms with Gasteiger partial charge in [-0.1, -0.05) is 11.6 Å². The molecule has 1 aromatic carbocycles. The van der Waals surface area contributed by atoms with Gasteiger partial charge in [0.15, 0.2) is 5.03 Å². The maximum absolute atomic E-state index is 13.9. The number of hydrogen-bond acceptors (Lipinski definition) is 7. The third-order valence-corrected chi connectivity index (χ3v) is 6.68. The number of halogens is 2. The first-order chi connectivity index (χ1) is 13.6. The van der Waals surface area contributed by atoms with E-state index in [0.29, 0.717) is 0 Å². The lowest BCUT2D eigenvalue weighted by Gasteiger charge is -2.31. The number of benzene rings is 1. The van der Waals surface area contributed by atoms with E-state index in [9.17, 15) is 23.0 Å². The first-order valence-corrected chi connectivity index (χ1v) is 10.3. The normalized spacial score (nSPS) is 23.5. The van der Waals surface area contributed by atoms with Crippen molar-refractivity contribution in [1.82, 2.24) is 9.29 Å². The minimum Gasteiger partial charge on any atom is -0.486 e. The van der Waals surface area contributed by atoms with Gasteiger partial charge >= 0.3 is 0 Å². The fraction of sp³-hybridized carbons (Fsp3) is 0.333. The lowest BCUT2D eigenvalue weighted by Crippen LogP contribution is -2.53. The molecule has 0 bridgehead atoms. The number of β-amino-alcohol motifs (C(OH)–C–C–N with tert-alkyl or cyclic N) is 1. The van der Waals surface area contributed by atoms with Gasteiger partial charge in [0.05, 0.1) is 23.2 Å². The largest absolute Gasteiger partial charge is 0.486 e. The lowest BCUT2D eigenvalue weighted by atomic mass is 9.94. The Morgan fingerprint density at radius 2 is 2.17 bits per heavy atom. The molecule has 154 valence electrons. The van der Waals surface area contributed by atoms with Crippen LogP contribution >= 0.6 is 11.6 Å². The molecule has 0 radical (unpaired) electrons. The van der Waals surface area contributed by atoms with Gasteiger partial charge in [0.1, 0.15) is 29.3 Å². The highest BCUT2D eigenvalue weighted by Gasteiger charge is 2.54. The Bertz CT molecular complexity index is 1060. The van der Waals surface area contributed by atoms with Gasteiger partial charge < -0.3 is 14.9 Å². The highest BCUT2D eigenvalue weighted by molar-refractivity contribution is 7.89. The summed E-state index contributed by atoms with van der Waals surface area (Å²) in [7, 11) is -4.11. The Labute approximate surface area is 171 Å². The molecule has 1 aliphatic rings. The average Bonchev–Trinajstić information content (AvgIpc) is 3.01. The van der Waals surface area contributed by atoms with Gasteiger partial charge in [0, 0.05) is 18.8 Å². The highest BCUT2D eigenvalue weighted by Crippen LogP contribution is 2.33. The standard InChI is InChI=1S/C18H17ClFN3O5S/c1-11(24)18(25)10-23(29(26,27)17-5-3-13(19)8-22-17)9-16(18)28-14-4-2-12(7-21)15(20)6-14/h2-6,8,11,16,24-25H,9-10H2,1H3/t11-,16?,18+/m0/s1. The molecule has 2 heterocycles. The van der Waals surface area contributed by atoms with Crippen molar-refractivity contribution >= 4 is 21.6 Å². The van der Waals surface area contributed by atoms with Gasteiger partial charge in [-0.2, -0.15) is 9.57 Å². The first kappa shape index (κ1) is 21.4. The number of rotatable bonds is 5. The molecule has 0 aliphatic carbocycles. The Kier molecular flexibility index (Phi) is 5.80. The zero-order valence-corrected chi connectivity index (χ0v) is 16.7. The van der Waals surface area contributed by atoms with Crippen LogP contribution in [0.5, 0.6) is 5.75 Å². The zero-order chi connectivity index (χ0) is 21.4. The Hall–Kier alpha value is -2.29. The fourth-order valence-corrected chi connectivity index (χ4v) is 4.50. The molecule has 3 atom stereocenters. The fourth-order valence-electron chi connectivity index (χ4n) is 2.99. The van der Waals surface area contributed by atoms with Crippen LogP contribution in [0.1, 0.15) is 12.5 Å². The quantitative estimate of drug-likeness (QED) is 0.716. The third-order valence-electron chi connectivity index (χ3n) is 4.72. The van der Waals surface area contributed by atoms with Crippen LogP contribution in [-0.2, 0) is 10.0 Å². The molecule has 11 heteroatoms. The predicted octanol–water partition coefficient (Wildman–Crippen LogP) is 1.31. The zero-order valence-electron chi connectivity index (χ0n) is 15.2. The number of ether oxygens (including phenoxy) is 1. The van der Waals surface area contributed by atoms with Crippen molar-refractivity contribution in [2.24, 2.45) is 0 Å². The number of hydrogen-bond donors (Lipinski definition) is 2. The smallest absolute Gasteiger partial charge is 0.260 e. The third kappa shape index (κ3) is 4.05. The van der Waals surface area contributed by atoms with Crippen LogP contribution in [0.2, 0.25) is 5.02 Å². The number of nitriles is 1. The molecule has 1 saturated heterocycles. The molecule has 1 aliphatic heterocycles. The minimum absolute atomic E-state index is 0.0190. The van der Waals surface area contributed by atoms with Crippen molar-refractivity contribution in [1.29, 1.82) is 5.26 Å². The SMILES string of the molecule is C[C@H](O)[C@]1(O)CN(S(=O)(=O)c2ccc(Cl)cn2)CC1Oc1ccc(C#N)c(F)c1. The van der Waals surface area contributed by atoms with Crippen molar-refractivity contribution in [2.45, 2.75) is 29.8 Å². The predicted molar refractivity (Wildman–Crippen MR) is 100 cm³/mol. The summed E-state index contributed by atoms with van der Waals surface area (Å²) in [6, 6.07) is 7.75. The second-order valence-corrected chi connectivity index (χ2v) is 8.96. The average molecular weight is 442 g/mol. The van der Waals surface area contributed by atoms with Crippen molar-refractivity contribution < 1.29 is 27.8 Å². The minimum atomic E-state index is -4.11. The van der Waals surface area contributed by atoms with E-state index >= 15 is 0 Å². The maximum Gasteiger partial charge on any atom is 0.260 e. The van der Waals surface area contributed by atoms with E-state index in [1.54, 1.807) is 6.07 Å². The number of sulfonamides is 1. The van der Waals surface area contributed by atoms with Crippen LogP contribution < -0.4 is 4.74 Å². The summed E-state index contributed by atoms with van der Waals surface area (Å²) in [5.74, 6) is -0.840. The number of aliphatic hydroxyl groups excluding tert-OH is 1. The molecule has 8 nitrogen and oxygen atoms in total. The number of aromatic nitrogens is 1. The summed E-state index contributed by atoms with van der Waals surface area (Å²) in [5, 5.41) is 29.8. The highest BCUT2D eigenvalue weighted by atomic mass is 35.5. The van der Waals surface area contributed by atoms with Crippen LogP contribution in [0.3, 0.4) is 0 Å². The van der Waals surface area contributed by atoms with Gasteiger partial charge in [-0.15, -0.1) is 0 Å². The van der Waals surface area contributed by atoms with E-state index < -0.39 is 40.2 Å². The molecule has 1 unspecified atom stereocenters. The van der Waals surface area contributed by atoms with E-state index in [-0.39, 0.29) is 27.9 Å². The molecule has 0 amide bonds. The van der Waals surface area contributed by atoms with E-state index in [4.69, 9.17) is 21.6 Å². The molecule has 0 spiro atoms. The maximum atomic E-state index is 13.9. The van der Waals surface area contributed by atoms with Gasteiger partial charge in [0.2, 0.25) is 0 Å². The molecule has 29 heavy (non-hydrogen) atoms. The van der Waals surface area contributed by atoms with Gasteiger partial charge in [-0.05, 0) is 31.2 Å². The summed E-state index contributed by atoms with van der Waals surface area (Å²) in [4.78, 5) is 3.80.